The standard InChI is InChI=1S/C15H14N2O4/c16-11-7-13-14(21-6-5-20-13)8-12(11)17-15(19)9-1-3-10(18)4-2-9/h1-4,7-8,18H,5-6,16H2,(H,17,19). The number of hydrogen-bond acceptors (Lipinski definition) is 5. The summed E-state index contributed by atoms with van der Waals surface area (Å²) in [4.78, 5) is 12.1. The van der Waals surface area contributed by atoms with E-state index in [1.165, 1.54) is 24.3 Å². The molecule has 0 unspecified atom stereocenters. The maximum atomic E-state index is 12.1. The first-order valence-electron chi connectivity index (χ1n) is 6.43. The van der Waals surface area contributed by atoms with Crippen molar-refractivity contribution in [2.75, 3.05) is 24.3 Å². The predicted molar refractivity (Wildman–Crippen MR) is 77.9 cm³/mol. The minimum atomic E-state index is -0.321. The second-order valence-electron chi connectivity index (χ2n) is 4.58. The van der Waals surface area contributed by atoms with Gasteiger partial charge >= 0.3 is 0 Å². The highest BCUT2D eigenvalue weighted by molar-refractivity contribution is 6.06. The second-order valence-corrected chi connectivity index (χ2v) is 4.58. The van der Waals surface area contributed by atoms with Gasteiger partial charge in [0, 0.05) is 17.7 Å². The van der Waals surface area contributed by atoms with Crippen molar-refractivity contribution in [2.24, 2.45) is 0 Å². The number of carbonyl (C=O) groups excluding carboxylic acids is 1. The van der Waals surface area contributed by atoms with Crippen LogP contribution in [-0.4, -0.2) is 24.2 Å². The molecule has 0 bridgehead atoms. The molecule has 6 heteroatoms. The van der Waals surface area contributed by atoms with Crippen molar-refractivity contribution in [2.45, 2.75) is 0 Å². The fourth-order valence-corrected chi connectivity index (χ4v) is 2.02. The van der Waals surface area contributed by atoms with Gasteiger partial charge in [-0.2, -0.15) is 0 Å². The van der Waals surface area contributed by atoms with Crippen molar-refractivity contribution in [3.8, 4) is 17.2 Å². The fraction of sp³-hybridized carbons (Fsp3) is 0.133. The van der Waals surface area contributed by atoms with Crippen LogP contribution in [0, 0.1) is 0 Å². The Morgan fingerprint density at radius 3 is 2.38 bits per heavy atom. The van der Waals surface area contributed by atoms with Gasteiger partial charge in [-0.05, 0) is 24.3 Å². The fourth-order valence-electron chi connectivity index (χ4n) is 2.02. The summed E-state index contributed by atoms with van der Waals surface area (Å²) in [6.07, 6.45) is 0. The zero-order valence-corrected chi connectivity index (χ0v) is 11.1. The quantitative estimate of drug-likeness (QED) is 0.734. The first kappa shape index (κ1) is 13.1. The third-order valence-corrected chi connectivity index (χ3v) is 3.09. The number of nitrogens with one attached hydrogen (secondary N) is 1. The molecule has 3 rings (SSSR count). The summed E-state index contributed by atoms with van der Waals surface area (Å²) >= 11 is 0. The maximum absolute atomic E-state index is 12.1. The van der Waals surface area contributed by atoms with E-state index in [0.29, 0.717) is 41.7 Å². The molecule has 108 valence electrons. The average molecular weight is 286 g/mol. The van der Waals surface area contributed by atoms with E-state index in [1.54, 1.807) is 12.1 Å². The molecule has 0 aromatic heterocycles. The van der Waals surface area contributed by atoms with Crippen LogP contribution in [0.3, 0.4) is 0 Å². The number of anilines is 2. The van der Waals surface area contributed by atoms with Crippen LogP contribution in [0.4, 0.5) is 11.4 Å². The highest BCUT2D eigenvalue weighted by Crippen LogP contribution is 2.37. The Kier molecular flexibility index (Phi) is 3.27. The highest BCUT2D eigenvalue weighted by atomic mass is 16.6. The van der Waals surface area contributed by atoms with E-state index >= 15 is 0 Å². The van der Waals surface area contributed by atoms with Crippen molar-refractivity contribution >= 4 is 17.3 Å². The van der Waals surface area contributed by atoms with Gasteiger partial charge in [-0.1, -0.05) is 0 Å². The summed E-state index contributed by atoms with van der Waals surface area (Å²) in [6.45, 7) is 0.938. The molecule has 0 fully saturated rings. The third-order valence-electron chi connectivity index (χ3n) is 3.09. The molecule has 0 spiro atoms. The Labute approximate surface area is 121 Å². The molecule has 0 aliphatic carbocycles. The van der Waals surface area contributed by atoms with Gasteiger partial charge in [0.25, 0.3) is 5.91 Å². The van der Waals surface area contributed by atoms with Crippen molar-refractivity contribution < 1.29 is 19.4 Å². The van der Waals surface area contributed by atoms with Gasteiger partial charge in [0.2, 0.25) is 0 Å². The number of amides is 1. The number of nitrogens with two attached hydrogens (primary N) is 1. The van der Waals surface area contributed by atoms with E-state index in [2.05, 4.69) is 5.32 Å². The summed E-state index contributed by atoms with van der Waals surface area (Å²) in [5.41, 5.74) is 7.17. The van der Waals surface area contributed by atoms with E-state index in [9.17, 15) is 9.90 Å². The zero-order valence-electron chi connectivity index (χ0n) is 11.1. The number of carbonyl (C=O) groups is 1. The molecule has 1 aliphatic rings. The van der Waals surface area contributed by atoms with E-state index in [-0.39, 0.29) is 11.7 Å². The minimum absolute atomic E-state index is 0.102. The predicted octanol–water partition coefficient (Wildman–Crippen LogP) is 2.00. The molecule has 0 saturated heterocycles. The van der Waals surface area contributed by atoms with E-state index < -0.39 is 0 Å². The first-order chi connectivity index (χ1) is 10.1. The summed E-state index contributed by atoms with van der Waals surface area (Å²) in [7, 11) is 0. The van der Waals surface area contributed by atoms with Gasteiger partial charge in [-0.25, -0.2) is 0 Å². The van der Waals surface area contributed by atoms with Crippen LogP contribution in [0.15, 0.2) is 36.4 Å². The van der Waals surface area contributed by atoms with Crippen molar-refractivity contribution in [3.63, 3.8) is 0 Å². The third kappa shape index (κ3) is 2.69. The molecule has 0 atom stereocenters. The van der Waals surface area contributed by atoms with Gasteiger partial charge in [-0.3, -0.25) is 4.79 Å². The zero-order chi connectivity index (χ0) is 14.8. The largest absolute Gasteiger partial charge is 0.508 e. The molecule has 4 N–H and O–H groups in total. The number of ether oxygens (including phenoxy) is 2. The Morgan fingerprint density at radius 2 is 1.71 bits per heavy atom. The lowest BCUT2D eigenvalue weighted by Crippen LogP contribution is -2.17. The van der Waals surface area contributed by atoms with Crippen molar-refractivity contribution in [1.82, 2.24) is 0 Å². The monoisotopic (exact) mass is 286 g/mol. The van der Waals surface area contributed by atoms with Crippen LogP contribution < -0.4 is 20.5 Å². The van der Waals surface area contributed by atoms with Crippen LogP contribution in [0.5, 0.6) is 17.2 Å². The number of benzene rings is 2. The normalized spacial score (nSPS) is 12.8. The highest BCUT2D eigenvalue weighted by Gasteiger charge is 2.16. The lowest BCUT2D eigenvalue weighted by atomic mass is 10.2. The number of fused-ring (bicyclic) bond motifs is 1. The Balaban J connectivity index is 1.84. The summed E-state index contributed by atoms with van der Waals surface area (Å²) in [5, 5.41) is 11.9. The van der Waals surface area contributed by atoms with Crippen LogP contribution in [-0.2, 0) is 0 Å². The van der Waals surface area contributed by atoms with E-state index in [4.69, 9.17) is 15.2 Å². The number of nitrogen functional groups attached to an aromatic ring is 1. The van der Waals surface area contributed by atoms with Crippen LogP contribution in [0.25, 0.3) is 0 Å². The molecule has 1 aliphatic heterocycles. The lowest BCUT2D eigenvalue weighted by Gasteiger charge is -2.20. The van der Waals surface area contributed by atoms with Crippen LogP contribution in [0.2, 0.25) is 0 Å². The van der Waals surface area contributed by atoms with Crippen LogP contribution >= 0.6 is 0 Å². The van der Waals surface area contributed by atoms with Crippen molar-refractivity contribution in [3.05, 3.63) is 42.0 Å². The minimum Gasteiger partial charge on any atom is -0.508 e. The van der Waals surface area contributed by atoms with Gasteiger partial charge < -0.3 is 25.6 Å². The molecule has 1 amide bonds. The Bertz CT molecular complexity index is 683. The maximum Gasteiger partial charge on any atom is 0.255 e. The lowest BCUT2D eigenvalue weighted by molar-refractivity contribution is 0.102. The summed E-state index contributed by atoms with van der Waals surface area (Å²) in [5.74, 6) is 0.904. The molecule has 6 nitrogen and oxygen atoms in total. The average Bonchev–Trinajstić information content (AvgIpc) is 2.48. The molecule has 2 aromatic carbocycles. The van der Waals surface area contributed by atoms with Crippen LogP contribution in [0.1, 0.15) is 10.4 Å². The Hall–Kier alpha value is -2.89. The first-order valence-corrected chi connectivity index (χ1v) is 6.43. The van der Waals surface area contributed by atoms with Crippen molar-refractivity contribution in [1.29, 1.82) is 0 Å². The number of hydrogen-bond donors (Lipinski definition) is 3. The van der Waals surface area contributed by atoms with Gasteiger partial charge in [0.15, 0.2) is 11.5 Å². The summed E-state index contributed by atoms with van der Waals surface area (Å²) in [6, 6.07) is 9.21. The molecular formula is C15H14N2O4. The number of phenols is 1. The van der Waals surface area contributed by atoms with E-state index in [1.807, 2.05) is 0 Å². The van der Waals surface area contributed by atoms with Gasteiger partial charge in [0.1, 0.15) is 19.0 Å². The Morgan fingerprint density at radius 1 is 1.10 bits per heavy atom. The SMILES string of the molecule is Nc1cc2c(cc1NC(=O)c1ccc(O)cc1)OCCO2. The summed E-state index contributed by atoms with van der Waals surface area (Å²) < 4.78 is 10.9. The molecule has 0 radical (unpaired) electrons. The molecular weight excluding hydrogens is 272 g/mol. The van der Waals surface area contributed by atoms with Gasteiger partial charge in [0.05, 0.1) is 11.4 Å². The number of rotatable bonds is 2. The second kappa shape index (κ2) is 5.24. The topological polar surface area (TPSA) is 93.8 Å². The number of aromatic hydroxyl groups is 1. The molecule has 1 heterocycles. The molecule has 21 heavy (non-hydrogen) atoms. The molecule has 2 aromatic rings. The smallest absolute Gasteiger partial charge is 0.255 e. The number of phenolic OH excluding ortho intramolecular Hbond substituents is 1. The molecule has 0 saturated carbocycles. The van der Waals surface area contributed by atoms with E-state index in [0.717, 1.165) is 0 Å². The van der Waals surface area contributed by atoms with Gasteiger partial charge in [-0.15, -0.1) is 0 Å².